The molecule has 112 valence electrons. The number of carboxylic acid groups (broad SMARTS) is 1. The second kappa shape index (κ2) is 5.26. The van der Waals surface area contributed by atoms with Crippen LogP contribution in [0.15, 0.2) is 0 Å². The Bertz CT molecular complexity index is 412. The summed E-state index contributed by atoms with van der Waals surface area (Å²) in [5.74, 6) is 1.66. The molecule has 5 heteroatoms. The Kier molecular flexibility index (Phi) is 3.61. The molecule has 2 amide bonds. The number of piperidine rings is 1. The average Bonchev–Trinajstić information content (AvgIpc) is 3.06. The van der Waals surface area contributed by atoms with Gasteiger partial charge in [-0.1, -0.05) is 19.8 Å². The number of hydrogen-bond donors (Lipinski definition) is 2. The van der Waals surface area contributed by atoms with E-state index in [2.05, 4.69) is 12.2 Å². The number of nitrogens with one attached hydrogen (secondary N) is 1. The zero-order chi connectivity index (χ0) is 14.3. The molecule has 0 spiro atoms. The number of hydrogen-bond acceptors (Lipinski definition) is 2. The minimum atomic E-state index is -0.943. The lowest BCUT2D eigenvalue weighted by molar-refractivity contribution is -0.125. The number of amides is 2. The fraction of sp³-hybridized carbons (Fsp3) is 0.867. The lowest BCUT2D eigenvalue weighted by Crippen LogP contribution is -2.48. The summed E-state index contributed by atoms with van der Waals surface area (Å²) in [6.45, 7) is 2.98. The second-order valence-corrected chi connectivity index (χ2v) is 6.89. The Hall–Kier alpha value is -1.26. The number of carbonyl (C=O) groups excluding carboxylic acids is 1. The highest BCUT2D eigenvalue weighted by atomic mass is 16.4. The monoisotopic (exact) mass is 280 g/mol. The van der Waals surface area contributed by atoms with Crippen LogP contribution in [-0.2, 0) is 4.79 Å². The molecule has 2 unspecified atom stereocenters. The van der Waals surface area contributed by atoms with Crippen LogP contribution in [0.25, 0.3) is 0 Å². The van der Waals surface area contributed by atoms with Crippen LogP contribution < -0.4 is 5.32 Å². The highest BCUT2D eigenvalue weighted by Gasteiger charge is 2.56. The molecule has 1 aliphatic heterocycles. The van der Waals surface area contributed by atoms with Gasteiger partial charge < -0.3 is 10.4 Å². The van der Waals surface area contributed by atoms with E-state index < -0.39 is 12.1 Å². The highest BCUT2D eigenvalue weighted by Crippen LogP contribution is 2.47. The van der Waals surface area contributed by atoms with E-state index in [1.165, 1.54) is 30.6 Å². The Balaban J connectivity index is 1.50. The molecule has 20 heavy (non-hydrogen) atoms. The minimum Gasteiger partial charge on any atom is -0.465 e. The van der Waals surface area contributed by atoms with Crippen molar-refractivity contribution in [2.24, 2.45) is 17.8 Å². The molecule has 2 saturated carbocycles. The van der Waals surface area contributed by atoms with Gasteiger partial charge in [-0.25, -0.2) is 4.79 Å². The number of rotatable bonds is 3. The molecule has 0 aromatic carbocycles. The Morgan fingerprint density at radius 1 is 1.25 bits per heavy atom. The summed E-state index contributed by atoms with van der Waals surface area (Å²) in [7, 11) is 0. The molecule has 3 fully saturated rings. The standard InChI is InChI=1S/C15H24N2O3/c1-9-3-2-4-10(5-9)8-16-14(18)13-7-11-6-12(11)17(13)15(19)20/h9-13H,2-8H2,1H3,(H,16,18)(H,19,20)/t9?,10?,11-,12-,13+/m1/s1. The van der Waals surface area contributed by atoms with Gasteiger partial charge in [-0.3, -0.25) is 9.69 Å². The van der Waals surface area contributed by atoms with Gasteiger partial charge in [0.25, 0.3) is 0 Å². The fourth-order valence-corrected chi connectivity index (χ4v) is 4.07. The third kappa shape index (κ3) is 2.63. The van der Waals surface area contributed by atoms with Crippen molar-refractivity contribution in [1.29, 1.82) is 0 Å². The molecular weight excluding hydrogens is 256 g/mol. The molecule has 0 radical (unpaired) electrons. The zero-order valence-corrected chi connectivity index (χ0v) is 12.0. The van der Waals surface area contributed by atoms with Crippen molar-refractivity contribution >= 4 is 12.0 Å². The van der Waals surface area contributed by atoms with E-state index in [-0.39, 0.29) is 11.9 Å². The highest BCUT2D eigenvalue weighted by molar-refractivity contribution is 5.86. The molecule has 0 aromatic rings. The first-order chi connectivity index (χ1) is 9.56. The first-order valence-corrected chi connectivity index (χ1v) is 7.85. The summed E-state index contributed by atoms with van der Waals surface area (Å²) >= 11 is 0. The molecule has 5 atom stereocenters. The first kappa shape index (κ1) is 13.7. The second-order valence-electron chi connectivity index (χ2n) is 6.89. The largest absolute Gasteiger partial charge is 0.465 e. The minimum absolute atomic E-state index is 0.0853. The third-order valence-electron chi connectivity index (χ3n) is 5.24. The molecule has 3 rings (SSSR count). The molecule has 0 bridgehead atoms. The fourth-order valence-electron chi connectivity index (χ4n) is 4.07. The van der Waals surface area contributed by atoms with E-state index in [4.69, 9.17) is 0 Å². The van der Waals surface area contributed by atoms with Crippen LogP contribution in [0.3, 0.4) is 0 Å². The normalized spacial score (nSPS) is 39.2. The van der Waals surface area contributed by atoms with E-state index in [1.807, 2.05) is 0 Å². The van der Waals surface area contributed by atoms with Crippen molar-refractivity contribution in [3.05, 3.63) is 0 Å². The molecule has 2 aliphatic carbocycles. The molecule has 5 nitrogen and oxygen atoms in total. The van der Waals surface area contributed by atoms with Crippen LogP contribution in [0.5, 0.6) is 0 Å². The summed E-state index contributed by atoms with van der Waals surface area (Å²) in [6.07, 6.45) is 5.61. The number of nitrogens with zero attached hydrogens (tertiary/aromatic N) is 1. The van der Waals surface area contributed by atoms with Crippen molar-refractivity contribution in [1.82, 2.24) is 10.2 Å². The van der Waals surface area contributed by atoms with Gasteiger partial charge in [-0.2, -0.15) is 0 Å². The molecule has 3 aliphatic rings. The van der Waals surface area contributed by atoms with Crippen molar-refractivity contribution in [2.45, 2.75) is 57.5 Å². The quantitative estimate of drug-likeness (QED) is 0.831. The van der Waals surface area contributed by atoms with Crippen LogP contribution in [0.4, 0.5) is 4.79 Å². The van der Waals surface area contributed by atoms with Crippen molar-refractivity contribution in [3.8, 4) is 0 Å². The van der Waals surface area contributed by atoms with Crippen molar-refractivity contribution in [2.75, 3.05) is 6.54 Å². The van der Waals surface area contributed by atoms with Gasteiger partial charge in [0.2, 0.25) is 5.91 Å². The van der Waals surface area contributed by atoms with E-state index in [0.29, 0.717) is 24.8 Å². The third-order valence-corrected chi connectivity index (χ3v) is 5.24. The van der Waals surface area contributed by atoms with Gasteiger partial charge in [-0.05, 0) is 43.4 Å². The lowest BCUT2D eigenvalue weighted by Gasteiger charge is -2.28. The predicted molar refractivity (Wildman–Crippen MR) is 74.3 cm³/mol. The maximum atomic E-state index is 12.2. The van der Waals surface area contributed by atoms with Gasteiger partial charge in [0, 0.05) is 12.6 Å². The molecule has 2 N–H and O–H groups in total. The molecule has 1 heterocycles. The Morgan fingerprint density at radius 3 is 2.75 bits per heavy atom. The van der Waals surface area contributed by atoms with Crippen molar-refractivity contribution < 1.29 is 14.7 Å². The SMILES string of the molecule is CC1CCCC(CNC(=O)[C@@H]2C[C@H]3C[C@H]3N2C(=O)O)C1. The summed E-state index contributed by atoms with van der Waals surface area (Å²) in [6, 6.07) is -0.338. The topological polar surface area (TPSA) is 69.6 Å². The van der Waals surface area contributed by atoms with E-state index in [1.54, 1.807) is 0 Å². The number of likely N-dealkylation sites (tertiary alicyclic amines) is 1. The van der Waals surface area contributed by atoms with E-state index in [9.17, 15) is 14.7 Å². The van der Waals surface area contributed by atoms with E-state index in [0.717, 1.165) is 12.3 Å². The number of fused-ring (bicyclic) bond motifs is 1. The Morgan fingerprint density at radius 2 is 2.05 bits per heavy atom. The van der Waals surface area contributed by atoms with Crippen LogP contribution in [-0.4, -0.2) is 40.6 Å². The summed E-state index contributed by atoms with van der Waals surface area (Å²) in [5, 5.41) is 12.2. The summed E-state index contributed by atoms with van der Waals surface area (Å²) < 4.78 is 0. The predicted octanol–water partition coefficient (Wildman–Crippen LogP) is 2.07. The summed E-state index contributed by atoms with van der Waals surface area (Å²) in [4.78, 5) is 24.9. The Labute approximate surface area is 119 Å². The first-order valence-electron chi connectivity index (χ1n) is 7.85. The van der Waals surface area contributed by atoms with Gasteiger partial charge in [0.05, 0.1) is 0 Å². The van der Waals surface area contributed by atoms with Crippen LogP contribution in [0.2, 0.25) is 0 Å². The maximum absolute atomic E-state index is 12.2. The van der Waals surface area contributed by atoms with Crippen LogP contribution in [0.1, 0.15) is 45.4 Å². The van der Waals surface area contributed by atoms with Gasteiger partial charge in [-0.15, -0.1) is 0 Å². The molecule has 0 aromatic heterocycles. The van der Waals surface area contributed by atoms with Crippen molar-refractivity contribution in [3.63, 3.8) is 0 Å². The van der Waals surface area contributed by atoms with Gasteiger partial charge in [0.15, 0.2) is 0 Å². The van der Waals surface area contributed by atoms with Gasteiger partial charge in [0.1, 0.15) is 6.04 Å². The van der Waals surface area contributed by atoms with Crippen LogP contribution >= 0.6 is 0 Å². The molecular formula is C15H24N2O3. The lowest BCUT2D eigenvalue weighted by atomic mass is 9.82. The smallest absolute Gasteiger partial charge is 0.408 e. The zero-order valence-electron chi connectivity index (χ0n) is 12.0. The number of carbonyl (C=O) groups is 2. The van der Waals surface area contributed by atoms with Gasteiger partial charge >= 0.3 is 6.09 Å². The summed E-state index contributed by atoms with van der Waals surface area (Å²) in [5.41, 5.74) is 0. The maximum Gasteiger partial charge on any atom is 0.408 e. The van der Waals surface area contributed by atoms with E-state index >= 15 is 0 Å². The molecule has 1 saturated heterocycles. The average molecular weight is 280 g/mol. The van der Waals surface area contributed by atoms with Crippen LogP contribution in [0, 0.1) is 17.8 Å².